The van der Waals surface area contributed by atoms with Crippen molar-refractivity contribution in [3.8, 4) is 17.2 Å². The molecule has 0 fully saturated rings. The molecule has 190 valence electrons. The molecule has 3 heterocycles. The molecule has 0 saturated carbocycles. The Balaban J connectivity index is 1.06. The molecule has 0 aliphatic carbocycles. The predicted molar refractivity (Wildman–Crippen MR) is 143 cm³/mol. The van der Waals surface area contributed by atoms with E-state index >= 15 is 0 Å². The Hall–Kier alpha value is -4.52. The first kappa shape index (κ1) is 22.7. The van der Waals surface area contributed by atoms with Gasteiger partial charge in [-0.2, -0.15) is 0 Å². The van der Waals surface area contributed by atoms with Crippen molar-refractivity contribution in [2.75, 3.05) is 31.4 Å². The van der Waals surface area contributed by atoms with Gasteiger partial charge in [-0.05, 0) is 40.5 Å². The van der Waals surface area contributed by atoms with E-state index in [0.717, 1.165) is 33.2 Å². The fourth-order valence-electron chi connectivity index (χ4n) is 5.93. The van der Waals surface area contributed by atoms with Crippen LogP contribution in [-0.2, 0) is 21.4 Å². The van der Waals surface area contributed by atoms with Gasteiger partial charge in [0.25, 0.3) is 0 Å². The van der Waals surface area contributed by atoms with Crippen LogP contribution in [-0.4, -0.2) is 38.3 Å². The molecule has 0 saturated heterocycles. The van der Waals surface area contributed by atoms with Crippen LogP contribution in [0.2, 0.25) is 0 Å². The van der Waals surface area contributed by atoms with E-state index in [2.05, 4.69) is 17.4 Å². The number of amides is 2. The minimum atomic E-state index is -0.912. The number of benzene rings is 4. The molecule has 38 heavy (non-hydrogen) atoms. The molecular weight excluding hydrogens is 480 g/mol. The van der Waals surface area contributed by atoms with Crippen LogP contribution >= 0.6 is 0 Å². The van der Waals surface area contributed by atoms with Gasteiger partial charge in [0.15, 0.2) is 11.5 Å². The Morgan fingerprint density at radius 3 is 2.58 bits per heavy atom. The van der Waals surface area contributed by atoms with Crippen molar-refractivity contribution in [2.45, 2.75) is 18.3 Å². The van der Waals surface area contributed by atoms with Gasteiger partial charge in [-0.15, -0.1) is 0 Å². The van der Waals surface area contributed by atoms with E-state index < -0.39 is 5.41 Å². The molecule has 4 aromatic carbocycles. The molecule has 7 heteroatoms. The largest absolute Gasteiger partial charge is 0.491 e. The summed E-state index contributed by atoms with van der Waals surface area (Å²) in [6, 6.07) is 25.7. The molecule has 4 aromatic rings. The van der Waals surface area contributed by atoms with Crippen molar-refractivity contribution < 1.29 is 23.8 Å². The smallest absolute Gasteiger partial charge is 0.245 e. The molecule has 0 aromatic heterocycles. The fourth-order valence-corrected chi connectivity index (χ4v) is 5.93. The first-order valence-electron chi connectivity index (χ1n) is 12.9. The summed E-state index contributed by atoms with van der Waals surface area (Å²) in [5, 5.41) is 5.25. The lowest BCUT2D eigenvalue weighted by Gasteiger charge is -2.23. The Labute approximate surface area is 219 Å². The van der Waals surface area contributed by atoms with Crippen molar-refractivity contribution >= 4 is 28.3 Å². The van der Waals surface area contributed by atoms with Crippen molar-refractivity contribution in [1.29, 1.82) is 0 Å². The molecule has 1 unspecified atom stereocenters. The van der Waals surface area contributed by atoms with Crippen molar-refractivity contribution in [2.24, 2.45) is 0 Å². The van der Waals surface area contributed by atoms with Crippen LogP contribution in [0.25, 0.3) is 10.8 Å². The first-order chi connectivity index (χ1) is 18.6. The third-order valence-corrected chi connectivity index (χ3v) is 7.76. The van der Waals surface area contributed by atoms with Crippen LogP contribution in [0, 0.1) is 0 Å². The van der Waals surface area contributed by atoms with Crippen molar-refractivity contribution in [3.63, 3.8) is 0 Å². The van der Waals surface area contributed by atoms with Gasteiger partial charge in [-0.3, -0.25) is 9.59 Å². The van der Waals surface area contributed by atoms with Gasteiger partial charge in [0.1, 0.15) is 17.8 Å². The molecule has 7 nitrogen and oxygen atoms in total. The van der Waals surface area contributed by atoms with Crippen LogP contribution in [0.3, 0.4) is 0 Å². The Morgan fingerprint density at radius 1 is 0.868 bits per heavy atom. The van der Waals surface area contributed by atoms with E-state index in [-0.39, 0.29) is 25.2 Å². The number of ether oxygens (including phenoxy) is 3. The standard InChI is InChI=1S/C31H26N2O5/c34-29(15-21-9-5-8-20-7-1-2-10-22(20)21)32-13-6-14-33-25-12-4-3-11-23(25)31(30(33)35)18-36-26-17-28-27(16-24(26)31)37-19-38-28/h1-5,7-12,16-17H,6,13-15,18-19H2,(H,32,34). The van der Waals surface area contributed by atoms with Gasteiger partial charge in [0.2, 0.25) is 18.6 Å². The Kier molecular flexibility index (Phi) is 5.25. The summed E-state index contributed by atoms with van der Waals surface area (Å²) in [6.07, 6.45) is 0.951. The number of carbonyl (C=O) groups excluding carboxylic acids is 2. The summed E-state index contributed by atoms with van der Waals surface area (Å²) in [6.45, 7) is 1.37. The third kappa shape index (κ3) is 3.42. The summed E-state index contributed by atoms with van der Waals surface area (Å²) >= 11 is 0. The number of hydrogen-bond acceptors (Lipinski definition) is 5. The predicted octanol–water partition coefficient (Wildman–Crippen LogP) is 4.34. The quantitative estimate of drug-likeness (QED) is 0.394. The van der Waals surface area contributed by atoms with Crippen LogP contribution in [0.5, 0.6) is 17.2 Å². The number of nitrogens with zero attached hydrogens (tertiary/aromatic N) is 1. The lowest BCUT2D eigenvalue weighted by Crippen LogP contribution is -2.43. The van der Waals surface area contributed by atoms with Gasteiger partial charge in [-0.25, -0.2) is 0 Å². The summed E-state index contributed by atoms with van der Waals surface area (Å²) in [5.74, 6) is 1.88. The van der Waals surface area contributed by atoms with Gasteiger partial charge in [0, 0.05) is 30.4 Å². The number of rotatable bonds is 6. The second-order valence-corrected chi connectivity index (χ2v) is 9.89. The van der Waals surface area contributed by atoms with E-state index in [1.807, 2.05) is 71.6 Å². The van der Waals surface area contributed by atoms with E-state index in [4.69, 9.17) is 14.2 Å². The topological polar surface area (TPSA) is 77.1 Å². The van der Waals surface area contributed by atoms with Crippen LogP contribution in [0.4, 0.5) is 5.69 Å². The molecule has 7 rings (SSSR count). The van der Waals surface area contributed by atoms with Crippen molar-refractivity contribution in [1.82, 2.24) is 5.32 Å². The number of nitrogens with one attached hydrogen (secondary N) is 1. The molecule has 1 spiro atoms. The zero-order valence-corrected chi connectivity index (χ0v) is 20.7. The monoisotopic (exact) mass is 506 g/mol. The maximum atomic E-state index is 14.0. The Bertz CT molecular complexity index is 1590. The molecule has 1 N–H and O–H groups in total. The zero-order valence-electron chi connectivity index (χ0n) is 20.7. The molecule has 3 aliphatic rings. The third-order valence-electron chi connectivity index (χ3n) is 7.76. The highest BCUT2D eigenvalue weighted by Gasteiger charge is 2.57. The molecule has 3 aliphatic heterocycles. The minimum Gasteiger partial charge on any atom is -0.491 e. The van der Waals surface area contributed by atoms with Crippen LogP contribution in [0.1, 0.15) is 23.1 Å². The lowest BCUT2D eigenvalue weighted by molar-refractivity contribution is -0.122. The SMILES string of the molecule is O=C(Cc1cccc2ccccc12)NCCCN1C(=O)C2(COc3cc4c(cc32)OCO4)c2ccccc21. The average Bonchev–Trinajstić information content (AvgIpc) is 3.62. The number of fused-ring (bicyclic) bond motifs is 6. The maximum Gasteiger partial charge on any atom is 0.245 e. The second-order valence-electron chi connectivity index (χ2n) is 9.89. The first-order valence-corrected chi connectivity index (χ1v) is 12.9. The fraction of sp³-hybridized carbons (Fsp3) is 0.226. The molecule has 2 amide bonds. The second kappa shape index (κ2) is 8.80. The van der Waals surface area contributed by atoms with Crippen LogP contribution < -0.4 is 24.4 Å². The van der Waals surface area contributed by atoms with E-state index in [0.29, 0.717) is 43.2 Å². The number of hydrogen-bond donors (Lipinski definition) is 1. The highest BCUT2D eigenvalue weighted by atomic mass is 16.7. The summed E-state index contributed by atoms with van der Waals surface area (Å²) in [7, 11) is 0. The number of anilines is 1. The zero-order chi connectivity index (χ0) is 25.7. The summed E-state index contributed by atoms with van der Waals surface area (Å²) < 4.78 is 17.1. The maximum absolute atomic E-state index is 14.0. The van der Waals surface area contributed by atoms with Gasteiger partial charge >= 0.3 is 0 Å². The van der Waals surface area contributed by atoms with E-state index in [1.165, 1.54) is 0 Å². The van der Waals surface area contributed by atoms with Crippen LogP contribution in [0.15, 0.2) is 78.9 Å². The minimum absolute atomic E-state index is 0.0154. The number of para-hydroxylation sites is 1. The van der Waals surface area contributed by atoms with Gasteiger partial charge in [0.05, 0.1) is 6.42 Å². The molecular formula is C31H26N2O5. The highest BCUT2D eigenvalue weighted by Crippen LogP contribution is 2.54. The normalized spacial score (nSPS) is 18.5. The number of carbonyl (C=O) groups is 2. The average molecular weight is 507 g/mol. The molecule has 0 bridgehead atoms. The highest BCUT2D eigenvalue weighted by molar-refractivity contribution is 6.11. The van der Waals surface area contributed by atoms with E-state index in [9.17, 15) is 9.59 Å². The van der Waals surface area contributed by atoms with Gasteiger partial charge < -0.3 is 24.4 Å². The molecule has 0 radical (unpaired) electrons. The summed E-state index contributed by atoms with van der Waals surface area (Å²) in [4.78, 5) is 28.6. The van der Waals surface area contributed by atoms with E-state index in [1.54, 1.807) is 0 Å². The Morgan fingerprint density at radius 2 is 1.66 bits per heavy atom. The summed E-state index contributed by atoms with van der Waals surface area (Å²) in [5.41, 5.74) is 2.72. The molecule has 1 atom stereocenters. The van der Waals surface area contributed by atoms with Gasteiger partial charge in [-0.1, -0.05) is 60.7 Å². The van der Waals surface area contributed by atoms with Crippen molar-refractivity contribution in [3.05, 3.63) is 95.6 Å². The lowest BCUT2D eigenvalue weighted by atomic mass is 9.77.